The summed E-state index contributed by atoms with van der Waals surface area (Å²) in [5.74, 6) is -5.84. The van der Waals surface area contributed by atoms with E-state index in [1.165, 1.54) is 20.3 Å². The average Bonchev–Trinajstić information content (AvgIpc) is 4.11. The number of alkyl carbamates (subject to hydrolysis) is 1. The number of benzene rings is 2. The van der Waals surface area contributed by atoms with Crippen molar-refractivity contribution in [3.8, 4) is 17.2 Å². The number of nitrogens with zero attached hydrogens (tertiary/aromatic N) is 4. The van der Waals surface area contributed by atoms with Crippen molar-refractivity contribution in [1.82, 2.24) is 15.1 Å². The molecule has 6 aliphatic heterocycles. The second-order valence-electron chi connectivity index (χ2n) is 21.9. The number of fused-ring (bicyclic) bond motifs is 15. The lowest BCUT2D eigenvalue weighted by Gasteiger charge is -2.38. The van der Waals surface area contributed by atoms with Crippen LogP contribution in [0, 0.1) is 42.4 Å². The molecule has 1 spiro atoms. The van der Waals surface area contributed by atoms with Crippen LogP contribution >= 0.6 is 0 Å². The molecule has 12 atom stereocenters. The Morgan fingerprint density at radius 2 is 1.67 bits per heavy atom. The van der Waals surface area contributed by atoms with Crippen LogP contribution in [0.4, 0.5) is 10.5 Å². The SMILES string of the molecule is COCCN1CC2CC1CC2NC(=O)O[C@H]1[C@H](C)[C@H](O)[C@H](C)[C@@H](O)[C@@H](C)/C=C/C=C(/C)C(=O)Nc2c(O)c3c(O)c(C)c4c(c3c3c2=NC2(CCN(CC(C)C)CC2)N=3)C(=O)[C@@](C)(O/C=C/[C@H](OC)[C@H]1C)O4. The standard InChI is InChI=1S/C54H76N6O12/c1-27(2)25-59-18-16-54(17-19-59)57-41-38-39-46(63)33(8)49-40(38)50(65)53(9,72-49)70-21-15-37(69-11)30(5)48(71-52(67)55-36-24-35-23-34(36)26-60(35)20-22-68-10)32(7)45(62)31(6)44(61)28(3)13-12-14-29(4)51(66)56-43(47(39)64)42(41)58-54/h12-15,21,27-28,30-32,34-37,44-45,48,61-64H,16-20,22-26H2,1-11H3,(H,55,67)(H,56,66)/b13-12+,21-15+,29-14-/t28-,30+,31+,32+,34?,35?,36?,37-,44-,45+,48+,53-/m0/s1. The van der Waals surface area contributed by atoms with Crippen molar-refractivity contribution in [2.75, 3.05) is 58.9 Å². The Labute approximate surface area is 422 Å². The smallest absolute Gasteiger partial charge is 0.407 e. The van der Waals surface area contributed by atoms with Crippen LogP contribution in [-0.4, -0.2) is 150 Å². The average molecular weight is 1000 g/mol. The van der Waals surface area contributed by atoms with Gasteiger partial charge < -0.3 is 59.6 Å². The number of ether oxygens (including phenoxy) is 5. The summed E-state index contributed by atoms with van der Waals surface area (Å²) in [6.07, 6.45) is 6.04. The lowest BCUT2D eigenvalue weighted by atomic mass is 9.78. The van der Waals surface area contributed by atoms with Crippen LogP contribution in [0.5, 0.6) is 17.2 Å². The third-order valence-electron chi connectivity index (χ3n) is 16.4. The van der Waals surface area contributed by atoms with Crippen LogP contribution < -0.4 is 26.1 Å². The van der Waals surface area contributed by atoms with Gasteiger partial charge in [-0.15, -0.1) is 0 Å². The first kappa shape index (κ1) is 53.2. The van der Waals surface area contributed by atoms with E-state index in [9.17, 15) is 34.8 Å². The van der Waals surface area contributed by atoms with E-state index in [0.717, 1.165) is 32.5 Å². The number of anilines is 1. The normalized spacial score (nSPS) is 34.5. The Morgan fingerprint density at radius 3 is 2.32 bits per heavy atom. The van der Waals surface area contributed by atoms with E-state index in [0.29, 0.717) is 44.5 Å². The summed E-state index contributed by atoms with van der Waals surface area (Å²) < 4.78 is 30.2. The number of Topliss-reactive ketones (excluding diaryl/α,β-unsaturated/α-hetero) is 1. The predicted octanol–water partition coefficient (Wildman–Crippen LogP) is 5.02. The molecule has 18 nitrogen and oxygen atoms in total. The number of hydrogen-bond donors (Lipinski definition) is 6. The minimum Gasteiger partial charge on any atom is -0.507 e. The lowest BCUT2D eigenvalue weighted by molar-refractivity contribution is -0.112. The number of amides is 2. The lowest BCUT2D eigenvalue weighted by Crippen LogP contribution is -2.50. The summed E-state index contributed by atoms with van der Waals surface area (Å²) in [7, 11) is 3.18. The Hall–Kier alpha value is -5.11. The predicted molar refractivity (Wildman–Crippen MR) is 269 cm³/mol. The minimum absolute atomic E-state index is 0.0343. The van der Waals surface area contributed by atoms with E-state index in [4.69, 9.17) is 33.7 Å². The highest BCUT2D eigenvalue weighted by Crippen LogP contribution is 2.50. The molecule has 1 aliphatic carbocycles. The molecule has 394 valence electrons. The van der Waals surface area contributed by atoms with Gasteiger partial charge in [-0.05, 0) is 44.6 Å². The number of carbonyl (C=O) groups is 3. The van der Waals surface area contributed by atoms with Gasteiger partial charge in [-0.1, -0.05) is 59.8 Å². The van der Waals surface area contributed by atoms with Gasteiger partial charge in [0.1, 0.15) is 28.6 Å². The molecule has 18 heteroatoms. The second kappa shape index (κ2) is 21.0. The molecular formula is C54H76N6O12. The van der Waals surface area contributed by atoms with Gasteiger partial charge in [0.15, 0.2) is 11.4 Å². The fourth-order valence-electron chi connectivity index (χ4n) is 12.0. The van der Waals surface area contributed by atoms with Gasteiger partial charge in [0.05, 0.1) is 47.5 Å². The highest BCUT2D eigenvalue weighted by Gasteiger charge is 2.51. The second-order valence-corrected chi connectivity index (χ2v) is 21.9. The van der Waals surface area contributed by atoms with Crippen LogP contribution in [0.25, 0.3) is 10.8 Å². The van der Waals surface area contributed by atoms with Crippen molar-refractivity contribution in [2.24, 2.45) is 45.5 Å². The van der Waals surface area contributed by atoms with E-state index in [-0.39, 0.29) is 67.3 Å². The van der Waals surface area contributed by atoms with E-state index >= 15 is 0 Å². The number of methoxy groups -OCH3 is 2. The number of carbonyl (C=O) groups excluding carboxylic acids is 3. The van der Waals surface area contributed by atoms with Gasteiger partial charge in [0.2, 0.25) is 0 Å². The maximum atomic E-state index is 15.0. The van der Waals surface area contributed by atoms with E-state index in [1.807, 2.05) is 6.92 Å². The first-order valence-electron chi connectivity index (χ1n) is 25.7. The molecule has 2 aromatic carbocycles. The molecule has 7 aliphatic rings. The number of nitrogens with one attached hydrogen (secondary N) is 2. The van der Waals surface area contributed by atoms with Crippen LogP contribution in [0.2, 0.25) is 0 Å². The number of phenols is 2. The highest BCUT2D eigenvalue weighted by molar-refractivity contribution is 6.19. The number of aliphatic hydroxyl groups is 2. The Morgan fingerprint density at radius 1 is 0.958 bits per heavy atom. The Bertz CT molecular complexity index is 2640. The summed E-state index contributed by atoms with van der Waals surface area (Å²) >= 11 is 0. The van der Waals surface area contributed by atoms with Gasteiger partial charge >= 0.3 is 11.9 Å². The Balaban J connectivity index is 1.18. The molecule has 2 amide bonds. The van der Waals surface area contributed by atoms with Gasteiger partial charge in [-0.3, -0.25) is 24.5 Å². The molecule has 2 aromatic rings. The topological polar surface area (TPSA) is 234 Å². The molecular weight excluding hydrogens is 925 g/mol. The molecule has 2 saturated heterocycles. The zero-order valence-corrected chi connectivity index (χ0v) is 43.7. The first-order valence-corrected chi connectivity index (χ1v) is 25.7. The monoisotopic (exact) mass is 1000 g/mol. The number of ketones is 1. The largest absolute Gasteiger partial charge is 0.507 e. The van der Waals surface area contributed by atoms with Crippen LogP contribution in [0.15, 0.2) is 46.1 Å². The van der Waals surface area contributed by atoms with Crippen molar-refractivity contribution in [2.45, 2.75) is 136 Å². The number of likely N-dealkylation sites (tertiary alicyclic amines) is 2. The van der Waals surface area contributed by atoms with E-state index in [2.05, 4.69) is 34.3 Å². The number of aliphatic hydroxyl groups excluding tert-OH is 2. The summed E-state index contributed by atoms with van der Waals surface area (Å²) in [6.45, 7) is 20.7. The van der Waals surface area contributed by atoms with Crippen molar-refractivity contribution in [3.05, 3.63) is 58.0 Å². The molecule has 0 aromatic heterocycles. The Kier molecular flexibility index (Phi) is 15.5. The number of aromatic hydroxyl groups is 2. The number of allylic oxidation sites excluding steroid dienone is 2. The summed E-state index contributed by atoms with van der Waals surface area (Å²) in [4.78, 5) is 58.1. The third-order valence-corrected chi connectivity index (χ3v) is 16.4. The first-order chi connectivity index (χ1) is 34.1. The van der Waals surface area contributed by atoms with Crippen molar-refractivity contribution >= 4 is 34.2 Å². The van der Waals surface area contributed by atoms with Gasteiger partial charge in [-0.25, -0.2) is 4.79 Å². The van der Waals surface area contributed by atoms with E-state index < -0.39 is 83.1 Å². The number of phenolic OH excluding ortho intramolecular Hbond substituents is 2. The summed E-state index contributed by atoms with van der Waals surface area (Å²) in [5, 5.41) is 54.3. The third kappa shape index (κ3) is 9.98. The quantitative estimate of drug-likeness (QED) is 0.191. The highest BCUT2D eigenvalue weighted by atomic mass is 16.7. The molecule has 7 bridgehead atoms. The van der Waals surface area contributed by atoms with Gasteiger partial charge in [-0.2, -0.15) is 0 Å². The fraction of sp³-hybridized carbons (Fsp3) is 0.648. The van der Waals surface area contributed by atoms with E-state index in [1.54, 1.807) is 66.0 Å². The molecule has 9 rings (SSSR count). The minimum atomic E-state index is -1.98. The van der Waals surface area contributed by atoms with Crippen LogP contribution in [-0.2, 0) is 23.7 Å². The maximum absolute atomic E-state index is 15.0. The van der Waals surface area contributed by atoms with Gasteiger partial charge in [0.25, 0.3) is 11.7 Å². The molecule has 6 heterocycles. The maximum Gasteiger partial charge on any atom is 0.407 e. The van der Waals surface area contributed by atoms with Crippen molar-refractivity contribution in [3.63, 3.8) is 0 Å². The molecule has 3 fully saturated rings. The van der Waals surface area contributed by atoms with Crippen LogP contribution in [0.3, 0.4) is 0 Å². The molecule has 0 radical (unpaired) electrons. The zero-order valence-electron chi connectivity index (χ0n) is 43.7. The summed E-state index contributed by atoms with van der Waals surface area (Å²) in [6, 6.07) is 0.247. The van der Waals surface area contributed by atoms with Crippen molar-refractivity contribution in [1.29, 1.82) is 0 Å². The fourth-order valence-corrected chi connectivity index (χ4v) is 12.0. The van der Waals surface area contributed by atoms with Crippen molar-refractivity contribution < 1.29 is 58.5 Å². The van der Waals surface area contributed by atoms with Crippen LogP contribution in [0.1, 0.15) is 97.0 Å². The molecule has 1 saturated carbocycles. The zero-order chi connectivity index (χ0) is 52.1. The number of rotatable bonds is 8. The number of hydrogen-bond acceptors (Lipinski definition) is 16. The van der Waals surface area contributed by atoms with Gasteiger partial charge in [0, 0.05) is 119 Å². The number of piperidine rings is 2. The molecule has 72 heavy (non-hydrogen) atoms. The summed E-state index contributed by atoms with van der Waals surface area (Å²) in [5.41, 5.74) is -0.593. The molecule has 3 unspecified atom stereocenters. The molecule has 6 N–H and O–H groups in total.